The second kappa shape index (κ2) is 21.1. The van der Waals surface area contributed by atoms with E-state index in [4.69, 9.17) is 18.9 Å². The third-order valence-electron chi connectivity index (χ3n) is 14.0. The number of fused-ring (bicyclic) bond motifs is 3. The van der Waals surface area contributed by atoms with Gasteiger partial charge in [-0.1, -0.05) is 114 Å². The summed E-state index contributed by atoms with van der Waals surface area (Å²) in [5.41, 5.74) is 13.1. The Morgan fingerprint density at radius 1 is 0.507 bits per heavy atom. The number of rotatable bonds is 18. The minimum atomic E-state index is -0.540. The minimum absolute atomic E-state index is 0.349. The van der Waals surface area contributed by atoms with Crippen LogP contribution in [0.3, 0.4) is 0 Å². The van der Waals surface area contributed by atoms with E-state index >= 15 is 4.79 Å². The molecule has 0 N–H and O–H groups in total. The number of carbonyl (C=O) groups is 1. The van der Waals surface area contributed by atoms with Gasteiger partial charge in [-0.15, -0.1) is 0 Å². The molecule has 6 aromatic rings. The molecule has 6 unspecified atom stereocenters. The van der Waals surface area contributed by atoms with E-state index in [0.29, 0.717) is 44.0 Å². The van der Waals surface area contributed by atoms with Gasteiger partial charge in [-0.3, -0.25) is 19.9 Å². The van der Waals surface area contributed by atoms with Gasteiger partial charge < -0.3 is 18.9 Å². The van der Waals surface area contributed by atoms with Crippen LogP contribution in [0.15, 0.2) is 128 Å². The van der Waals surface area contributed by atoms with Gasteiger partial charge in [0.1, 0.15) is 24.4 Å². The molecule has 0 spiro atoms. The van der Waals surface area contributed by atoms with Crippen LogP contribution in [-0.2, 0) is 38.8 Å². The quantitative estimate of drug-likeness (QED) is 0.0842. The van der Waals surface area contributed by atoms with Crippen LogP contribution in [0.25, 0.3) is 33.4 Å². The topological polar surface area (TPSA) is 95.9 Å². The van der Waals surface area contributed by atoms with Gasteiger partial charge >= 0.3 is 6.09 Å². The molecule has 0 aliphatic carbocycles. The van der Waals surface area contributed by atoms with Crippen LogP contribution in [0.1, 0.15) is 132 Å². The number of amides is 1. The zero-order chi connectivity index (χ0) is 46.4. The lowest BCUT2D eigenvalue weighted by molar-refractivity contribution is -0.0886. The fourth-order valence-corrected chi connectivity index (χ4v) is 10.6. The zero-order valence-corrected chi connectivity index (χ0v) is 40.0. The highest BCUT2D eigenvalue weighted by Crippen LogP contribution is 2.48. The van der Waals surface area contributed by atoms with Gasteiger partial charge in [-0.2, -0.15) is 0 Å². The van der Waals surface area contributed by atoms with Gasteiger partial charge in [0.2, 0.25) is 0 Å². The number of aromatic nitrogens is 3. The molecule has 9 nitrogen and oxygen atoms in total. The molecule has 0 saturated carbocycles. The van der Waals surface area contributed by atoms with Crippen LogP contribution in [0.2, 0.25) is 0 Å². The normalized spacial score (nSPS) is 18.7. The molecule has 6 atom stereocenters. The summed E-state index contributed by atoms with van der Waals surface area (Å²) in [7, 11) is 0. The fraction of sp³-hybridized carbons (Fsp3) is 0.414. The summed E-state index contributed by atoms with van der Waals surface area (Å²) in [6.07, 6.45) is 13.8. The smallest absolute Gasteiger partial charge is 0.410 e. The lowest BCUT2D eigenvalue weighted by Crippen LogP contribution is -2.53. The second-order valence-corrected chi connectivity index (χ2v) is 19.9. The molecule has 3 aromatic carbocycles. The number of hydrogen-bond donors (Lipinski definition) is 0. The van der Waals surface area contributed by atoms with E-state index in [9.17, 15) is 0 Å². The zero-order valence-electron chi connectivity index (χ0n) is 40.0. The molecule has 6 heterocycles. The number of benzene rings is 3. The molecule has 1 amide bonds. The molecule has 9 rings (SSSR count). The first-order valence-corrected chi connectivity index (χ1v) is 24.6. The number of pyridine rings is 3. The second-order valence-electron chi connectivity index (χ2n) is 19.9. The van der Waals surface area contributed by atoms with Crippen molar-refractivity contribution in [2.24, 2.45) is 17.8 Å². The van der Waals surface area contributed by atoms with Gasteiger partial charge in [0.15, 0.2) is 0 Å². The van der Waals surface area contributed by atoms with E-state index in [1.807, 2.05) is 36.8 Å². The molecule has 0 bridgehead atoms. The average Bonchev–Trinajstić information content (AvgIpc) is 4.11. The summed E-state index contributed by atoms with van der Waals surface area (Å²) in [5, 5.41) is 0. The summed E-state index contributed by atoms with van der Waals surface area (Å²) in [4.78, 5) is 31.6. The number of carbonyl (C=O) groups excluding carboxylic acids is 1. The first-order chi connectivity index (χ1) is 32.7. The highest BCUT2D eigenvalue weighted by molar-refractivity contribution is 5.73. The summed E-state index contributed by atoms with van der Waals surface area (Å²) >= 11 is 0. The summed E-state index contributed by atoms with van der Waals surface area (Å²) in [5.74, 6) is 1.17. The molecule has 9 heteroatoms. The Morgan fingerprint density at radius 2 is 0.881 bits per heavy atom. The van der Waals surface area contributed by atoms with E-state index in [0.717, 1.165) is 98.9 Å². The van der Waals surface area contributed by atoms with Crippen LogP contribution in [0.4, 0.5) is 4.79 Å². The van der Waals surface area contributed by atoms with Crippen LogP contribution in [-0.4, -0.2) is 44.1 Å². The van der Waals surface area contributed by atoms with Crippen LogP contribution in [0, 0.1) is 17.8 Å². The average molecular weight is 899 g/mol. The SMILES string of the molecule is CC(C)CCC(OC(=O)N(C(CCC(C)C)C1OCc2c(-c3cccnc3)cccc21)C(CCC(C)C)C1OCc2c(-c3cccnc3)cccc21)C1OCc2c(-c3cccnc3)cccc21. The van der Waals surface area contributed by atoms with Crippen molar-refractivity contribution in [1.82, 2.24) is 19.9 Å². The number of hydrogen-bond acceptors (Lipinski definition) is 8. The van der Waals surface area contributed by atoms with Crippen LogP contribution in [0.5, 0.6) is 0 Å². The predicted octanol–water partition coefficient (Wildman–Crippen LogP) is 13.8. The Hall–Kier alpha value is -5.74. The Labute approximate surface area is 397 Å². The first kappa shape index (κ1) is 46.4. The third kappa shape index (κ3) is 10.1. The maximum absolute atomic E-state index is 16.2. The largest absolute Gasteiger partial charge is 0.443 e. The third-order valence-corrected chi connectivity index (χ3v) is 14.0. The Kier molecular flexibility index (Phi) is 14.6. The van der Waals surface area contributed by atoms with Crippen molar-refractivity contribution in [3.05, 3.63) is 162 Å². The Morgan fingerprint density at radius 3 is 1.25 bits per heavy atom. The Bertz CT molecular complexity index is 2470. The molecular weight excluding hydrogens is 833 g/mol. The molecule has 0 fully saturated rings. The lowest BCUT2D eigenvalue weighted by Gasteiger charge is -2.43. The van der Waals surface area contributed by atoms with Crippen LogP contribution < -0.4 is 0 Å². The van der Waals surface area contributed by atoms with Crippen molar-refractivity contribution in [3.8, 4) is 33.4 Å². The molecule has 67 heavy (non-hydrogen) atoms. The minimum Gasteiger partial charge on any atom is -0.443 e. The molecular formula is C58H66N4O5. The lowest BCUT2D eigenvalue weighted by atomic mass is 9.86. The van der Waals surface area contributed by atoms with Gasteiger partial charge in [0.25, 0.3) is 0 Å². The van der Waals surface area contributed by atoms with Gasteiger partial charge in [0.05, 0.1) is 31.9 Å². The number of ether oxygens (including phenoxy) is 4. The molecule has 3 aliphatic rings. The molecule has 348 valence electrons. The van der Waals surface area contributed by atoms with Crippen LogP contribution >= 0.6 is 0 Å². The van der Waals surface area contributed by atoms with Crippen molar-refractivity contribution in [2.75, 3.05) is 0 Å². The standard InChI is InChI=1S/C58H66N4O5/c1-37(2)22-25-52(55-46-19-7-16-43(49(46)34-64-55)40-13-10-28-59-31-40)62(53(26-23-38(3)4)56-47-20-8-17-44(50(47)35-65-56)41-14-11-29-60-32-41)58(63)67-54(27-24-39(5)6)57-48-21-9-18-45(51(48)36-66-57)42-15-12-30-61-33-42/h7-21,28-33,37-39,52-57H,22-27,34-36H2,1-6H3. The maximum atomic E-state index is 16.2. The maximum Gasteiger partial charge on any atom is 0.410 e. The van der Waals surface area contributed by atoms with E-state index in [1.165, 1.54) is 0 Å². The molecule has 3 aromatic heterocycles. The Balaban J connectivity index is 1.17. The van der Waals surface area contributed by atoms with Gasteiger partial charge in [-0.05, 0) is 125 Å². The van der Waals surface area contributed by atoms with Gasteiger partial charge in [0, 0.05) is 53.9 Å². The van der Waals surface area contributed by atoms with Crippen molar-refractivity contribution in [3.63, 3.8) is 0 Å². The van der Waals surface area contributed by atoms with E-state index in [-0.39, 0.29) is 18.2 Å². The van der Waals surface area contributed by atoms with Gasteiger partial charge in [-0.25, -0.2) is 4.79 Å². The monoisotopic (exact) mass is 899 g/mol. The highest BCUT2D eigenvalue weighted by Gasteiger charge is 2.47. The highest BCUT2D eigenvalue weighted by atomic mass is 16.6. The van der Waals surface area contributed by atoms with E-state index in [1.54, 1.807) is 18.6 Å². The fourth-order valence-electron chi connectivity index (χ4n) is 10.6. The molecule has 3 aliphatic heterocycles. The molecule has 0 saturated heterocycles. The van der Waals surface area contributed by atoms with Crippen molar-refractivity contribution in [1.29, 1.82) is 0 Å². The van der Waals surface area contributed by atoms with E-state index in [2.05, 4.69) is 134 Å². The van der Waals surface area contributed by atoms with Crippen molar-refractivity contribution >= 4 is 6.09 Å². The number of nitrogens with zero attached hydrogens (tertiary/aromatic N) is 4. The molecule has 0 radical (unpaired) electrons. The summed E-state index contributed by atoms with van der Waals surface area (Å²) in [6.45, 7) is 14.8. The first-order valence-electron chi connectivity index (χ1n) is 24.6. The van der Waals surface area contributed by atoms with E-state index < -0.39 is 24.4 Å². The van der Waals surface area contributed by atoms with Crippen molar-refractivity contribution in [2.45, 2.75) is 136 Å². The summed E-state index contributed by atoms with van der Waals surface area (Å²) in [6, 6.07) is 30.8. The summed E-state index contributed by atoms with van der Waals surface area (Å²) < 4.78 is 28.0. The predicted molar refractivity (Wildman–Crippen MR) is 264 cm³/mol. The van der Waals surface area contributed by atoms with Crippen molar-refractivity contribution < 1.29 is 23.7 Å².